The summed E-state index contributed by atoms with van der Waals surface area (Å²) in [5.41, 5.74) is 10.4. The molecule has 0 aliphatic heterocycles. The van der Waals surface area contributed by atoms with Crippen molar-refractivity contribution in [3.8, 4) is 16.9 Å². The highest BCUT2D eigenvalue weighted by Crippen LogP contribution is 2.44. The standard InChI is InChI=1S/C28H30N4O6/c1-17-13-23(25(32(35)36)14-26(17)37-16-27(33)30-12-11-29)18(2)31-28(34)38-15-24-21-9-5-3-7-19(21)20-8-4-6-10-22(20)24/h3-10,13-14,18,24H,11-12,15-16,29H2,1-2H3,(H,30,33)(H,31,34). The van der Waals surface area contributed by atoms with Crippen LogP contribution >= 0.6 is 0 Å². The zero-order valence-electron chi connectivity index (χ0n) is 21.2. The van der Waals surface area contributed by atoms with Crippen molar-refractivity contribution in [1.29, 1.82) is 0 Å². The molecule has 38 heavy (non-hydrogen) atoms. The quantitative estimate of drug-likeness (QED) is 0.272. The van der Waals surface area contributed by atoms with E-state index in [1.54, 1.807) is 19.9 Å². The molecule has 4 N–H and O–H groups in total. The number of rotatable bonds is 10. The van der Waals surface area contributed by atoms with E-state index >= 15 is 0 Å². The zero-order chi connectivity index (χ0) is 27.2. The van der Waals surface area contributed by atoms with Crippen LogP contribution in [0.15, 0.2) is 60.7 Å². The van der Waals surface area contributed by atoms with Crippen LogP contribution in [0.4, 0.5) is 10.5 Å². The van der Waals surface area contributed by atoms with E-state index in [9.17, 15) is 19.7 Å². The maximum atomic E-state index is 12.7. The van der Waals surface area contributed by atoms with Gasteiger partial charge in [-0.15, -0.1) is 0 Å². The molecule has 0 radical (unpaired) electrons. The number of alkyl carbamates (subject to hydrolysis) is 1. The second kappa shape index (κ2) is 11.7. The van der Waals surface area contributed by atoms with E-state index in [0.29, 0.717) is 24.2 Å². The van der Waals surface area contributed by atoms with Gasteiger partial charge in [-0.25, -0.2) is 4.79 Å². The summed E-state index contributed by atoms with van der Waals surface area (Å²) in [5, 5.41) is 17.1. The molecule has 0 saturated heterocycles. The first-order valence-corrected chi connectivity index (χ1v) is 12.3. The SMILES string of the molecule is Cc1cc(C(C)NC(=O)OCC2c3ccccc3-c3ccccc32)c([N+](=O)[O-])cc1OCC(=O)NCCN. The maximum absolute atomic E-state index is 12.7. The van der Waals surface area contributed by atoms with E-state index < -0.39 is 17.1 Å². The molecule has 1 aliphatic rings. The second-order valence-electron chi connectivity index (χ2n) is 9.05. The molecule has 1 aliphatic carbocycles. The first-order valence-electron chi connectivity index (χ1n) is 12.3. The first kappa shape index (κ1) is 26.6. The van der Waals surface area contributed by atoms with Gasteiger partial charge >= 0.3 is 6.09 Å². The molecule has 3 aromatic carbocycles. The highest BCUT2D eigenvalue weighted by Gasteiger charge is 2.30. The Labute approximate surface area is 220 Å². The Bertz CT molecular complexity index is 1310. The van der Waals surface area contributed by atoms with Gasteiger partial charge in [-0.3, -0.25) is 14.9 Å². The van der Waals surface area contributed by atoms with Crippen LogP contribution in [-0.2, 0) is 9.53 Å². The van der Waals surface area contributed by atoms with Crippen LogP contribution < -0.4 is 21.1 Å². The van der Waals surface area contributed by atoms with E-state index in [0.717, 1.165) is 22.3 Å². The Balaban J connectivity index is 1.43. The highest BCUT2D eigenvalue weighted by atomic mass is 16.6. The minimum absolute atomic E-state index is 0.0986. The van der Waals surface area contributed by atoms with E-state index in [-0.39, 0.29) is 36.5 Å². The number of benzene rings is 3. The first-order chi connectivity index (χ1) is 18.3. The summed E-state index contributed by atoms with van der Waals surface area (Å²) in [5.74, 6) is -0.276. The molecule has 0 aromatic heterocycles. The number of nitrogens with two attached hydrogens (primary N) is 1. The molecule has 2 amide bonds. The Kier molecular flexibility index (Phi) is 8.22. The Morgan fingerprint density at radius 3 is 2.32 bits per heavy atom. The lowest BCUT2D eigenvalue weighted by molar-refractivity contribution is -0.385. The van der Waals surface area contributed by atoms with Gasteiger partial charge in [0, 0.05) is 19.0 Å². The fourth-order valence-electron chi connectivity index (χ4n) is 4.66. The summed E-state index contributed by atoms with van der Waals surface area (Å²) in [6, 6.07) is 18.2. The topological polar surface area (TPSA) is 146 Å². The number of carbonyl (C=O) groups is 2. The lowest BCUT2D eigenvalue weighted by Gasteiger charge is -2.18. The number of hydrogen-bond donors (Lipinski definition) is 3. The summed E-state index contributed by atoms with van der Waals surface area (Å²) in [4.78, 5) is 35.8. The number of nitrogens with one attached hydrogen (secondary N) is 2. The maximum Gasteiger partial charge on any atom is 0.407 e. The van der Waals surface area contributed by atoms with Crippen LogP contribution in [0, 0.1) is 17.0 Å². The van der Waals surface area contributed by atoms with Gasteiger partial charge in [0.05, 0.1) is 22.6 Å². The zero-order valence-corrected chi connectivity index (χ0v) is 21.2. The van der Waals surface area contributed by atoms with Crippen molar-refractivity contribution >= 4 is 17.7 Å². The number of nitro benzene ring substituents is 1. The lowest BCUT2D eigenvalue weighted by Crippen LogP contribution is -2.33. The van der Waals surface area contributed by atoms with Gasteiger partial charge in [0.1, 0.15) is 12.4 Å². The minimum Gasteiger partial charge on any atom is -0.483 e. The van der Waals surface area contributed by atoms with Crippen LogP contribution in [0.25, 0.3) is 11.1 Å². The van der Waals surface area contributed by atoms with Crippen molar-refractivity contribution in [1.82, 2.24) is 10.6 Å². The minimum atomic E-state index is -0.716. The largest absolute Gasteiger partial charge is 0.483 e. The molecular weight excluding hydrogens is 488 g/mol. The normalized spacial score (nSPS) is 12.7. The predicted molar refractivity (Wildman–Crippen MR) is 142 cm³/mol. The number of amides is 2. The molecule has 0 spiro atoms. The second-order valence-corrected chi connectivity index (χ2v) is 9.05. The van der Waals surface area contributed by atoms with Crippen molar-refractivity contribution in [2.45, 2.75) is 25.8 Å². The molecule has 4 rings (SSSR count). The molecule has 10 nitrogen and oxygen atoms in total. The highest BCUT2D eigenvalue weighted by molar-refractivity contribution is 5.79. The number of carbonyl (C=O) groups excluding carboxylic acids is 2. The summed E-state index contributed by atoms with van der Waals surface area (Å²) in [6.45, 7) is 3.78. The third-order valence-corrected chi connectivity index (χ3v) is 6.49. The van der Waals surface area contributed by atoms with Crippen molar-refractivity contribution < 1.29 is 24.0 Å². The Morgan fingerprint density at radius 1 is 1.08 bits per heavy atom. The van der Waals surface area contributed by atoms with Gasteiger partial charge in [0.25, 0.3) is 11.6 Å². The number of fused-ring (bicyclic) bond motifs is 3. The van der Waals surface area contributed by atoms with Crippen LogP contribution in [0.1, 0.15) is 41.1 Å². The van der Waals surface area contributed by atoms with Gasteiger partial charge < -0.3 is 25.8 Å². The van der Waals surface area contributed by atoms with E-state index in [2.05, 4.69) is 22.8 Å². The average molecular weight is 519 g/mol. The van der Waals surface area contributed by atoms with Crippen molar-refractivity contribution in [2.24, 2.45) is 5.73 Å². The molecule has 10 heteroatoms. The number of nitro groups is 1. The number of nitrogens with zero attached hydrogens (tertiary/aromatic N) is 1. The fourth-order valence-corrected chi connectivity index (χ4v) is 4.66. The van der Waals surface area contributed by atoms with Gasteiger partial charge in [0.15, 0.2) is 6.61 Å². The number of hydrogen-bond acceptors (Lipinski definition) is 7. The van der Waals surface area contributed by atoms with E-state index in [4.69, 9.17) is 15.2 Å². The lowest BCUT2D eigenvalue weighted by atomic mass is 9.98. The van der Waals surface area contributed by atoms with Crippen LogP contribution in [0.3, 0.4) is 0 Å². The predicted octanol–water partition coefficient (Wildman–Crippen LogP) is 3.96. The van der Waals surface area contributed by atoms with Gasteiger partial charge in [-0.2, -0.15) is 0 Å². The van der Waals surface area contributed by atoms with Crippen molar-refractivity contribution in [2.75, 3.05) is 26.3 Å². The summed E-state index contributed by atoms with van der Waals surface area (Å²) in [6.07, 6.45) is -0.678. The van der Waals surface area contributed by atoms with E-state index in [1.807, 2.05) is 36.4 Å². The third-order valence-electron chi connectivity index (χ3n) is 6.49. The molecule has 3 aromatic rings. The molecule has 0 fully saturated rings. The van der Waals surface area contributed by atoms with Gasteiger partial charge in [-0.05, 0) is 47.7 Å². The van der Waals surface area contributed by atoms with Crippen LogP contribution in [0.5, 0.6) is 5.75 Å². The molecule has 0 bridgehead atoms. The summed E-state index contributed by atoms with van der Waals surface area (Å²) in [7, 11) is 0. The van der Waals surface area contributed by atoms with Crippen LogP contribution in [-0.4, -0.2) is 43.2 Å². The Hall–Kier alpha value is -4.44. The fraction of sp³-hybridized carbons (Fsp3) is 0.286. The Morgan fingerprint density at radius 2 is 1.71 bits per heavy atom. The molecule has 0 saturated carbocycles. The van der Waals surface area contributed by atoms with E-state index in [1.165, 1.54) is 6.07 Å². The average Bonchev–Trinajstić information content (AvgIpc) is 3.23. The third kappa shape index (κ3) is 5.76. The van der Waals surface area contributed by atoms with Crippen LogP contribution in [0.2, 0.25) is 0 Å². The molecular formula is C28H30N4O6. The smallest absolute Gasteiger partial charge is 0.407 e. The molecule has 1 atom stereocenters. The number of aryl methyl sites for hydroxylation is 1. The summed E-state index contributed by atoms with van der Waals surface area (Å²) < 4.78 is 11.1. The van der Waals surface area contributed by atoms with Gasteiger partial charge in [-0.1, -0.05) is 48.5 Å². The molecule has 1 unspecified atom stereocenters. The van der Waals surface area contributed by atoms with Gasteiger partial charge in [0.2, 0.25) is 0 Å². The molecule has 198 valence electrons. The molecule has 0 heterocycles. The monoisotopic (exact) mass is 518 g/mol. The van der Waals surface area contributed by atoms with Crippen molar-refractivity contribution in [3.63, 3.8) is 0 Å². The number of ether oxygens (including phenoxy) is 2. The summed E-state index contributed by atoms with van der Waals surface area (Å²) >= 11 is 0. The van der Waals surface area contributed by atoms with Crippen molar-refractivity contribution in [3.05, 3.63) is 93.0 Å².